The molecule has 0 amide bonds. The fourth-order valence-corrected chi connectivity index (χ4v) is 2.24. The summed E-state index contributed by atoms with van der Waals surface area (Å²) < 4.78 is 2.25. The summed E-state index contributed by atoms with van der Waals surface area (Å²) in [4.78, 5) is 0. The number of rotatable bonds is 3. The van der Waals surface area contributed by atoms with Crippen LogP contribution in [0.15, 0.2) is 30.3 Å². The highest BCUT2D eigenvalue weighted by Crippen LogP contribution is 2.15. The molecule has 0 saturated carbocycles. The van der Waals surface area contributed by atoms with Gasteiger partial charge in [-0.15, -0.1) is 10.2 Å². The van der Waals surface area contributed by atoms with Crippen molar-refractivity contribution in [3.8, 4) is 0 Å². The fraction of sp³-hybridized carbons (Fsp3) is 0.385. The molecule has 17 heavy (non-hydrogen) atoms. The van der Waals surface area contributed by atoms with Gasteiger partial charge in [-0.25, -0.2) is 0 Å². The SMILES string of the molecule is c1ccc(NCc2nnc3n2CCCC3)cc1. The molecule has 0 fully saturated rings. The molecule has 4 heteroatoms. The van der Waals surface area contributed by atoms with Gasteiger partial charge in [0.2, 0.25) is 0 Å². The van der Waals surface area contributed by atoms with E-state index >= 15 is 0 Å². The van der Waals surface area contributed by atoms with Crippen molar-refractivity contribution < 1.29 is 0 Å². The molecule has 0 bridgehead atoms. The number of nitrogens with one attached hydrogen (secondary N) is 1. The first-order valence-electron chi connectivity index (χ1n) is 6.13. The zero-order valence-corrected chi connectivity index (χ0v) is 9.76. The Kier molecular flexibility index (Phi) is 2.78. The lowest BCUT2D eigenvalue weighted by Crippen LogP contribution is -2.15. The van der Waals surface area contributed by atoms with Crippen molar-refractivity contribution in [3.63, 3.8) is 0 Å². The summed E-state index contributed by atoms with van der Waals surface area (Å²) >= 11 is 0. The lowest BCUT2D eigenvalue weighted by atomic mass is 10.2. The molecule has 0 aliphatic carbocycles. The van der Waals surface area contributed by atoms with Crippen LogP contribution in [-0.4, -0.2) is 14.8 Å². The molecule has 1 aliphatic heterocycles. The van der Waals surface area contributed by atoms with Crippen molar-refractivity contribution in [3.05, 3.63) is 42.0 Å². The van der Waals surface area contributed by atoms with E-state index in [-0.39, 0.29) is 0 Å². The molecule has 1 aliphatic rings. The Morgan fingerprint density at radius 1 is 1.12 bits per heavy atom. The van der Waals surface area contributed by atoms with Crippen LogP contribution in [0.4, 0.5) is 5.69 Å². The highest BCUT2D eigenvalue weighted by molar-refractivity contribution is 5.42. The lowest BCUT2D eigenvalue weighted by Gasteiger charge is -2.15. The van der Waals surface area contributed by atoms with Crippen LogP contribution in [0, 0.1) is 0 Å². The maximum atomic E-state index is 4.26. The van der Waals surface area contributed by atoms with Crippen molar-refractivity contribution >= 4 is 5.69 Å². The van der Waals surface area contributed by atoms with Crippen LogP contribution in [0.3, 0.4) is 0 Å². The molecule has 0 spiro atoms. The molecule has 2 aromatic rings. The number of hydrogen-bond donors (Lipinski definition) is 1. The van der Waals surface area contributed by atoms with Gasteiger partial charge in [-0.3, -0.25) is 0 Å². The van der Waals surface area contributed by atoms with E-state index in [4.69, 9.17) is 0 Å². The summed E-state index contributed by atoms with van der Waals surface area (Å²) in [6.07, 6.45) is 3.55. The third-order valence-electron chi connectivity index (χ3n) is 3.16. The van der Waals surface area contributed by atoms with Gasteiger partial charge in [0.25, 0.3) is 0 Å². The van der Waals surface area contributed by atoms with Gasteiger partial charge in [-0.05, 0) is 25.0 Å². The van der Waals surface area contributed by atoms with Crippen LogP contribution in [0.2, 0.25) is 0 Å². The van der Waals surface area contributed by atoms with Gasteiger partial charge in [0.15, 0.2) is 5.82 Å². The molecule has 1 N–H and O–H groups in total. The molecule has 1 aromatic heterocycles. The van der Waals surface area contributed by atoms with Gasteiger partial charge < -0.3 is 9.88 Å². The van der Waals surface area contributed by atoms with E-state index in [1.807, 2.05) is 18.2 Å². The van der Waals surface area contributed by atoms with Crippen molar-refractivity contribution in [1.29, 1.82) is 0 Å². The van der Waals surface area contributed by atoms with E-state index in [9.17, 15) is 0 Å². The van der Waals surface area contributed by atoms with E-state index in [0.29, 0.717) is 0 Å². The Morgan fingerprint density at radius 2 is 2.00 bits per heavy atom. The monoisotopic (exact) mass is 228 g/mol. The Hall–Kier alpha value is -1.84. The molecule has 1 aromatic carbocycles. The van der Waals surface area contributed by atoms with Crippen LogP contribution in [0.25, 0.3) is 0 Å². The normalized spacial score (nSPS) is 14.4. The molecule has 88 valence electrons. The Labute approximate surface area is 101 Å². The minimum Gasteiger partial charge on any atom is -0.378 e. The summed E-state index contributed by atoms with van der Waals surface area (Å²) in [6.45, 7) is 1.81. The van der Waals surface area contributed by atoms with E-state index in [1.165, 1.54) is 12.8 Å². The summed E-state index contributed by atoms with van der Waals surface area (Å²) in [5, 5.41) is 11.9. The van der Waals surface area contributed by atoms with Gasteiger partial charge in [-0.1, -0.05) is 18.2 Å². The molecule has 2 heterocycles. The van der Waals surface area contributed by atoms with Gasteiger partial charge >= 0.3 is 0 Å². The third kappa shape index (κ3) is 2.16. The zero-order valence-electron chi connectivity index (χ0n) is 9.76. The quantitative estimate of drug-likeness (QED) is 0.876. The first kappa shape index (κ1) is 10.3. The summed E-state index contributed by atoms with van der Waals surface area (Å²) in [6, 6.07) is 10.2. The first-order chi connectivity index (χ1) is 8.43. The predicted octanol–water partition coefficient (Wildman–Crippen LogP) is 2.23. The standard InChI is InChI=1S/C13H16N4/c1-2-6-11(7-3-1)14-10-13-16-15-12-8-4-5-9-17(12)13/h1-3,6-7,14H,4-5,8-10H2. The highest BCUT2D eigenvalue weighted by atomic mass is 15.3. The molecule has 0 atom stereocenters. The molecule has 0 saturated heterocycles. The maximum absolute atomic E-state index is 4.26. The molecule has 0 unspecified atom stereocenters. The Balaban J connectivity index is 1.71. The number of para-hydroxylation sites is 1. The number of anilines is 1. The maximum Gasteiger partial charge on any atom is 0.152 e. The topological polar surface area (TPSA) is 42.7 Å². The van der Waals surface area contributed by atoms with Crippen LogP contribution >= 0.6 is 0 Å². The van der Waals surface area contributed by atoms with Crippen molar-refractivity contribution in [1.82, 2.24) is 14.8 Å². The zero-order chi connectivity index (χ0) is 11.5. The van der Waals surface area contributed by atoms with E-state index in [0.717, 1.165) is 36.8 Å². The molecule has 3 rings (SSSR count). The number of aromatic nitrogens is 3. The number of hydrogen-bond acceptors (Lipinski definition) is 3. The van der Waals surface area contributed by atoms with E-state index in [2.05, 4.69) is 32.2 Å². The van der Waals surface area contributed by atoms with Gasteiger partial charge in [0, 0.05) is 18.7 Å². The van der Waals surface area contributed by atoms with Gasteiger partial charge in [0.05, 0.1) is 6.54 Å². The molecular weight excluding hydrogens is 212 g/mol. The lowest BCUT2D eigenvalue weighted by molar-refractivity contribution is 0.510. The minimum atomic E-state index is 0.747. The number of fused-ring (bicyclic) bond motifs is 1. The average molecular weight is 228 g/mol. The van der Waals surface area contributed by atoms with Crippen LogP contribution in [-0.2, 0) is 19.5 Å². The summed E-state index contributed by atoms with van der Waals surface area (Å²) in [7, 11) is 0. The van der Waals surface area contributed by atoms with Crippen LogP contribution < -0.4 is 5.32 Å². The fourth-order valence-electron chi connectivity index (χ4n) is 2.24. The summed E-state index contributed by atoms with van der Waals surface area (Å²) in [5.74, 6) is 2.18. The van der Waals surface area contributed by atoms with Crippen molar-refractivity contribution in [2.24, 2.45) is 0 Å². The average Bonchev–Trinajstić information content (AvgIpc) is 2.81. The van der Waals surface area contributed by atoms with Crippen LogP contribution in [0.5, 0.6) is 0 Å². The number of aryl methyl sites for hydroxylation is 1. The van der Waals surface area contributed by atoms with E-state index < -0.39 is 0 Å². The van der Waals surface area contributed by atoms with E-state index in [1.54, 1.807) is 0 Å². The Bertz CT molecular complexity index is 489. The minimum absolute atomic E-state index is 0.747. The molecule has 4 nitrogen and oxygen atoms in total. The predicted molar refractivity (Wildman–Crippen MR) is 66.7 cm³/mol. The Morgan fingerprint density at radius 3 is 2.88 bits per heavy atom. The largest absolute Gasteiger partial charge is 0.378 e. The third-order valence-corrected chi connectivity index (χ3v) is 3.16. The smallest absolute Gasteiger partial charge is 0.152 e. The summed E-state index contributed by atoms with van der Waals surface area (Å²) in [5.41, 5.74) is 1.13. The van der Waals surface area contributed by atoms with Gasteiger partial charge in [0.1, 0.15) is 5.82 Å². The second-order valence-corrected chi connectivity index (χ2v) is 4.36. The first-order valence-corrected chi connectivity index (χ1v) is 6.13. The van der Waals surface area contributed by atoms with Crippen molar-refractivity contribution in [2.45, 2.75) is 32.4 Å². The number of nitrogens with zero attached hydrogens (tertiary/aromatic N) is 3. The van der Waals surface area contributed by atoms with Crippen molar-refractivity contribution in [2.75, 3.05) is 5.32 Å². The number of benzene rings is 1. The molecular formula is C13H16N4. The van der Waals surface area contributed by atoms with Gasteiger partial charge in [-0.2, -0.15) is 0 Å². The molecule has 0 radical (unpaired) electrons. The highest BCUT2D eigenvalue weighted by Gasteiger charge is 2.14. The van der Waals surface area contributed by atoms with Crippen LogP contribution in [0.1, 0.15) is 24.5 Å². The second-order valence-electron chi connectivity index (χ2n) is 4.36. The second kappa shape index (κ2) is 4.57.